The minimum atomic E-state index is -0.606. The van der Waals surface area contributed by atoms with Gasteiger partial charge in [-0.15, -0.1) is 0 Å². The predicted octanol–water partition coefficient (Wildman–Crippen LogP) is 5.78. The third-order valence-electron chi connectivity index (χ3n) is 6.16. The van der Waals surface area contributed by atoms with Gasteiger partial charge in [-0.1, -0.05) is 44.2 Å². The molecule has 0 unspecified atom stereocenters. The van der Waals surface area contributed by atoms with Crippen LogP contribution in [0.15, 0.2) is 57.8 Å². The summed E-state index contributed by atoms with van der Waals surface area (Å²) in [6.07, 6.45) is 2.22. The van der Waals surface area contributed by atoms with Gasteiger partial charge in [0, 0.05) is 35.3 Å². The summed E-state index contributed by atoms with van der Waals surface area (Å²) in [5, 5.41) is 0.747. The maximum Gasteiger partial charge on any atom is 0.347 e. The van der Waals surface area contributed by atoms with Crippen LogP contribution >= 0.6 is 0 Å². The molecule has 0 aliphatic carbocycles. The van der Waals surface area contributed by atoms with E-state index >= 15 is 0 Å². The number of anilines is 1. The minimum absolute atomic E-state index is 0.0610. The highest BCUT2D eigenvalue weighted by atomic mass is 16.4. The fourth-order valence-corrected chi connectivity index (χ4v) is 4.10. The second-order valence-corrected chi connectivity index (χ2v) is 9.00. The Labute approximate surface area is 176 Å². The van der Waals surface area contributed by atoms with Crippen molar-refractivity contribution in [3.8, 4) is 0 Å². The zero-order chi connectivity index (χ0) is 21.8. The molecule has 2 aromatic carbocycles. The molecule has 0 amide bonds. The normalized spacial score (nSPS) is 15.3. The van der Waals surface area contributed by atoms with Crippen LogP contribution in [0.1, 0.15) is 67.6 Å². The molecule has 30 heavy (non-hydrogen) atoms. The number of hydrogen-bond donors (Lipinski definition) is 0. The molecular formula is C26H27NO3. The van der Waals surface area contributed by atoms with Crippen molar-refractivity contribution in [1.29, 1.82) is 0 Å². The van der Waals surface area contributed by atoms with Gasteiger partial charge in [0.15, 0.2) is 5.78 Å². The van der Waals surface area contributed by atoms with Crippen LogP contribution in [0.4, 0.5) is 5.69 Å². The van der Waals surface area contributed by atoms with Gasteiger partial charge in [-0.25, -0.2) is 4.79 Å². The molecule has 0 saturated heterocycles. The highest BCUT2D eigenvalue weighted by molar-refractivity contribution is 6.10. The Bertz CT molecular complexity index is 1240. The van der Waals surface area contributed by atoms with Crippen LogP contribution in [0.25, 0.3) is 16.5 Å². The summed E-state index contributed by atoms with van der Waals surface area (Å²) in [6, 6.07) is 13.0. The lowest BCUT2D eigenvalue weighted by molar-refractivity contribution is 0.103. The monoisotopic (exact) mass is 401 g/mol. The van der Waals surface area contributed by atoms with Gasteiger partial charge in [-0.3, -0.25) is 4.79 Å². The largest absolute Gasteiger partial charge is 0.422 e. The Hall–Kier alpha value is -3.14. The van der Waals surface area contributed by atoms with Gasteiger partial charge in [0.2, 0.25) is 0 Å². The molecule has 1 aliphatic rings. The van der Waals surface area contributed by atoms with E-state index in [4.69, 9.17) is 4.42 Å². The quantitative estimate of drug-likeness (QED) is 0.412. The second kappa shape index (κ2) is 6.98. The molecular weight excluding hydrogens is 374 g/mol. The lowest BCUT2D eigenvalue weighted by atomic mass is 9.88. The number of carbonyl (C=O) groups is 1. The maximum atomic E-state index is 13.0. The van der Waals surface area contributed by atoms with Crippen molar-refractivity contribution in [3.05, 3.63) is 81.2 Å². The van der Waals surface area contributed by atoms with Crippen molar-refractivity contribution < 1.29 is 9.21 Å². The van der Waals surface area contributed by atoms with Crippen LogP contribution < -0.4 is 10.5 Å². The van der Waals surface area contributed by atoms with Crippen LogP contribution in [-0.2, 0) is 0 Å². The molecule has 3 aromatic rings. The summed E-state index contributed by atoms with van der Waals surface area (Å²) in [7, 11) is 2.03. The maximum absolute atomic E-state index is 13.0. The highest BCUT2D eigenvalue weighted by Crippen LogP contribution is 2.39. The zero-order valence-electron chi connectivity index (χ0n) is 18.4. The lowest BCUT2D eigenvalue weighted by Gasteiger charge is -2.40. The number of carbonyl (C=O) groups excluding carboxylic acids is 1. The number of benzene rings is 2. The van der Waals surface area contributed by atoms with Crippen LogP contribution in [0.5, 0.6) is 0 Å². The molecule has 0 atom stereocenters. The molecule has 0 fully saturated rings. The van der Waals surface area contributed by atoms with Crippen molar-refractivity contribution in [2.45, 2.75) is 46.1 Å². The van der Waals surface area contributed by atoms with Gasteiger partial charge >= 0.3 is 5.63 Å². The molecule has 0 N–H and O–H groups in total. The van der Waals surface area contributed by atoms with Gasteiger partial charge in [0.1, 0.15) is 11.1 Å². The zero-order valence-corrected chi connectivity index (χ0v) is 18.4. The van der Waals surface area contributed by atoms with E-state index in [1.165, 1.54) is 5.57 Å². The Kier molecular flexibility index (Phi) is 4.69. The van der Waals surface area contributed by atoms with E-state index in [1.807, 2.05) is 31.3 Å². The van der Waals surface area contributed by atoms with E-state index in [0.717, 1.165) is 22.2 Å². The van der Waals surface area contributed by atoms with E-state index in [2.05, 4.69) is 45.6 Å². The fraction of sp³-hybridized carbons (Fsp3) is 0.308. The summed E-state index contributed by atoms with van der Waals surface area (Å²) in [6.45, 7) is 10.6. The summed E-state index contributed by atoms with van der Waals surface area (Å²) >= 11 is 0. The Morgan fingerprint density at radius 2 is 1.73 bits per heavy atom. The molecule has 4 nitrogen and oxygen atoms in total. The number of nitrogens with zero attached hydrogens (tertiary/aromatic N) is 1. The average Bonchev–Trinajstić information content (AvgIpc) is 2.70. The van der Waals surface area contributed by atoms with Crippen molar-refractivity contribution in [2.75, 3.05) is 11.9 Å². The molecule has 1 aliphatic heterocycles. The third-order valence-corrected chi connectivity index (χ3v) is 6.16. The Balaban J connectivity index is 1.82. The van der Waals surface area contributed by atoms with Crippen LogP contribution in [0, 0.1) is 0 Å². The number of allylic oxidation sites excluding steroid dienone is 1. The first kappa shape index (κ1) is 20.1. The molecule has 0 bridgehead atoms. The summed E-state index contributed by atoms with van der Waals surface area (Å²) in [5.41, 5.74) is 4.71. The minimum Gasteiger partial charge on any atom is -0.422 e. The fourth-order valence-electron chi connectivity index (χ4n) is 4.10. The van der Waals surface area contributed by atoms with Crippen molar-refractivity contribution >= 4 is 28.0 Å². The highest BCUT2D eigenvalue weighted by Gasteiger charge is 2.29. The molecule has 4 heteroatoms. The van der Waals surface area contributed by atoms with E-state index in [1.54, 1.807) is 18.2 Å². The lowest BCUT2D eigenvalue weighted by Crippen LogP contribution is -2.42. The summed E-state index contributed by atoms with van der Waals surface area (Å²) in [4.78, 5) is 27.8. The van der Waals surface area contributed by atoms with Gasteiger partial charge in [-0.2, -0.15) is 0 Å². The molecule has 1 aromatic heterocycles. The second-order valence-electron chi connectivity index (χ2n) is 9.00. The first-order chi connectivity index (χ1) is 14.1. The molecule has 2 heterocycles. The van der Waals surface area contributed by atoms with Gasteiger partial charge in [0.05, 0.1) is 5.54 Å². The number of likely N-dealkylation sites (N-methyl/N-ethyl adjacent to an activating group) is 1. The number of hydrogen-bond acceptors (Lipinski definition) is 4. The number of rotatable bonds is 3. The number of fused-ring (bicyclic) bond motifs is 2. The van der Waals surface area contributed by atoms with Crippen LogP contribution in [0.2, 0.25) is 0 Å². The topological polar surface area (TPSA) is 50.5 Å². The van der Waals surface area contributed by atoms with E-state index in [0.29, 0.717) is 17.1 Å². The first-order valence-corrected chi connectivity index (χ1v) is 10.3. The molecule has 0 radical (unpaired) electrons. The van der Waals surface area contributed by atoms with E-state index in [9.17, 15) is 9.59 Å². The SMILES string of the molecule is CC1=CC(C)(C)N(C)c2cc3oc(=O)c(C(=O)c4ccc(C(C)C)cc4)cc3cc21. The standard InChI is InChI=1S/C26H27NO3/c1-15(2)17-7-9-18(10-8-17)24(28)21-12-19-11-20-16(3)14-26(4,5)27(6)22(20)13-23(19)30-25(21)29/h7-15H,1-6H3. The van der Waals surface area contributed by atoms with Crippen LogP contribution in [-0.4, -0.2) is 18.4 Å². The summed E-state index contributed by atoms with van der Waals surface area (Å²) in [5.74, 6) is 0.0645. The van der Waals surface area contributed by atoms with Crippen molar-refractivity contribution in [2.24, 2.45) is 0 Å². The molecule has 0 saturated carbocycles. The van der Waals surface area contributed by atoms with E-state index in [-0.39, 0.29) is 16.9 Å². The Morgan fingerprint density at radius 1 is 1.07 bits per heavy atom. The molecule has 0 spiro atoms. The first-order valence-electron chi connectivity index (χ1n) is 10.3. The van der Waals surface area contributed by atoms with Gasteiger partial charge in [-0.05, 0) is 50.0 Å². The van der Waals surface area contributed by atoms with Crippen molar-refractivity contribution in [3.63, 3.8) is 0 Å². The smallest absolute Gasteiger partial charge is 0.347 e. The molecule has 154 valence electrons. The van der Waals surface area contributed by atoms with Crippen LogP contribution in [0.3, 0.4) is 0 Å². The van der Waals surface area contributed by atoms with Crippen molar-refractivity contribution in [1.82, 2.24) is 0 Å². The third kappa shape index (κ3) is 3.26. The van der Waals surface area contributed by atoms with E-state index < -0.39 is 5.63 Å². The number of ketones is 1. The molecule has 4 rings (SSSR count). The van der Waals surface area contributed by atoms with Gasteiger partial charge in [0.25, 0.3) is 0 Å². The van der Waals surface area contributed by atoms with Gasteiger partial charge < -0.3 is 9.32 Å². The predicted molar refractivity (Wildman–Crippen MR) is 123 cm³/mol. The average molecular weight is 402 g/mol. The Morgan fingerprint density at radius 3 is 2.37 bits per heavy atom. The summed E-state index contributed by atoms with van der Waals surface area (Å²) < 4.78 is 5.59.